The zero-order valence-electron chi connectivity index (χ0n) is 11.2. The molecule has 3 aromatic rings. The van der Waals surface area contributed by atoms with Gasteiger partial charge in [0, 0.05) is 17.5 Å². The fourth-order valence-electron chi connectivity index (χ4n) is 2.29. The predicted octanol–water partition coefficient (Wildman–Crippen LogP) is 3.97. The Morgan fingerprint density at radius 3 is 2.50 bits per heavy atom. The second kappa shape index (κ2) is 5.21. The number of anilines is 1. The van der Waals surface area contributed by atoms with Gasteiger partial charge in [-0.3, -0.25) is 0 Å². The predicted molar refractivity (Wildman–Crippen MR) is 81.0 cm³/mol. The molecule has 1 N–H and O–H groups in total. The maximum absolute atomic E-state index is 11.6. The van der Waals surface area contributed by atoms with Gasteiger partial charge in [0.15, 0.2) is 0 Å². The van der Waals surface area contributed by atoms with Gasteiger partial charge < -0.3 is 9.73 Å². The molecule has 0 fully saturated rings. The minimum atomic E-state index is -0.341. The van der Waals surface area contributed by atoms with E-state index < -0.39 is 0 Å². The van der Waals surface area contributed by atoms with Gasteiger partial charge in [-0.1, -0.05) is 42.5 Å². The molecule has 0 aliphatic heterocycles. The molecule has 20 heavy (non-hydrogen) atoms. The van der Waals surface area contributed by atoms with Gasteiger partial charge in [-0.15, -0.1) is 0 Å². The SMILES string of the molecule is C[C@@H](Nc1cc(=O)oc2ccccc12)c1ccccc1. The van der Waals surface area contributed by atoms with Gasteiger partial charge in [0.1, 0.15) is 5.58 Å². The molecule has 3 nitrogen and oxygen atoms in total. The number of hydrogen-bond donors (Lipinski definition) is 1. The van der Waals surface area contributed by atoms with Crippen LogP contribution in [0.25, 0.3) is 11.0 Å². The van der Waals surface area contributed by atoms with Gasteiger partial charge in [0.2, 0.25) is 0 Å². The first-order chi connectivity index (χ1) is 9.74. The van der Waals surface area contributed by atoms with E-state index in [9.17, 15) is 4.79 Å². The van der Waals surface area contributed by atoms with E-state index in [0.29, 0.717) is 5.58 Å². The van der Waals surface area contributed by atoms with E-state index in [1.807, 2.05) is 36.4 Å². The van der Waals surface area contributed by atoms with E-state index >= 15 is 0 Å². The van der Waals surface area contributed by atoms with E-state index in [0.717, 1.165) is 11.1 Å². The Balaban J connectivity index is 2.01. The van der Waals surface area contributed by atoms with Crippen molar-refractivity contribution in [2.24, 2.45) is 0 Å². The molecule has 0 saturated carbocycles. The second-order valence-electron chi connectivity index (χ2n) is 4.75. The summed E-state index contributed by atoms with van der Waals surface area (Å²) >= 11 is 0. The third-order valence-electron chi connectivity index (χ3n) is 3.32. The molecule has 1 heterocycles. The van der Waals surface area contributed by atoms with Crippen molar-refractivity contribution in [3.63, 3.8) is 0 Å². The highest BCUT2D eigenvalue weighted by atomic mass is 16.4. The quantitative estimate of drug-likeness (QED) is 0.729. The summed E-state index contributed by atoms with van der Waals surface area (Å²) in [5.74, 6) is 0. The molecule has 100 valence electrons. The maximum Gasteiger partial charge on any atom is 0.338 e. The van der Waals surface area contributed by atoms with Crippen LogP contribution in [0.5, 0.6) is 0 Å². The van der Waals surface area contributed by atoms with Gasteiger partial charge in [-0.05, 0) is 24.6 Å². The molecule has 1 atom stereocenters. The molecule has 0 radical (unpaired) electrons. The standard InChI is InChI=1S/C17H15NO2/c1-12(13-7-3-2-4-8-13)18-15-11-17(19)20-16-10-6-5-9-14(15)16/h2-12,18H,1H3/t12-/m1/s1. The van der Waals surface area contributed by atoms with Crippen molar-refractivity contribution in [1.82, 2.24) is 0 Å². The molecule has 0 aliphatic rings. The van der Waals surface area contributed by atoms with Gasteiger partial charge in [-0.2, -0.15) is 0 Å². The second-order valence-corrected chi connectivity index (χ2v) is 4.75. The highest BCUT2D eigenvalue weighted by Gasteiger charge is 2.09. The fourth-order valence-corrected chi connectivity index (χ4v) is 2.29. The molecule has 3 rings (SSSR count). The Morgan fingerprint density at radius 1 is 1.00 bits per heavy atom. The Bertz CT molecular complexity index is 778. The minimum Gasteiger partial charge on any atom is -0.423 e. The summed E-state index contributed by atoms with van der Waals surface area (Å²) in [7, 11) is 0. The van der Waals surface area contributed by atoms with Crippen LogP contribution in [-0.4, -0.2) is 0 Å². The molecule has 0 amide bonds. The van der Waals surface area contributed by atoms with Crippen molar-refractivity contribution in [2.75, 3.05) is 5.32 Å². The van der Waals surface area contributed by atoms with Crippen LogP contribution in [0.1, 0.15) is 18.5 Å². The fraction of sp³-hybridized carbons (Fsp3) is 0.118. The maximum atomic E-state index is 11.6. The number of benzene rings is 2. The van der Waals surface area contributed by atoms with Crippen molar-refractivity contribution in [1.29, 1.82) is 0 Å². The molecule has 2 aromatic carbocycles. The minimum absolute atomic E-state index is 0.112. The first-order valence-electron chi connectivity index (χ1n) is 6.58. The van der Waals surface area contributed by atoms with E-state index in [1.54, 1.807) is 6.07 Å². The molecule has 3 heteroatoms. The zero-order chi connectivity index (χ0) is 13.9. The molecule has 0 unspecified atom stereocenters. The van der Waals surface area contributed by atoms with E-state index in [2.05, 4.69) is 24.4 Å². The van der Waals surface area contributed by atoms with Gasteiger partial charge >= 0.3 is 5.63 Å². The molecular formula is C17H15NO2. The van der Waals surface area contributed by atoms with Crippen LogP contribution >= 0.6 is 0 Å². The smallest absolute Gasteiger partial charge is 0.338 e. The van der Waals surface area contributed by atoms with Crippen LogP contribution in [0.3, 0.4) is 0 Å². The summed E-state index contributed by atoms with van der Waals surface area (Å²) in [6, 6.07) is 19.3. The molecule has 0 spiro atoms. The number of hydrogen-bond acceptors (Lipinski definition) is 3. The van der Waals surface area contributed by atoms with Gasteiger partial charge in [-0.25, -0.2) is 4.79 Å². The van der Waals surface area contributed by atoms with E-state index in [4.69, 9.17) is 4.42 Å². The van der Waals surface area contributed by atoms with Gasteiger partial charge in [0.05, 0.1) is 5.69 Å². The molecular weight excluding hydrogens is 250 g/mol. The largest absolute Gasteiger partial charge is 0.423 e. The van der Waals surface area contributed by atoms with Crippen LogP contribution in [-0.2, 0) is 0 Å². The van der Waals surface area contributed by atoms with Crippen molar-refractivity contribution < 1.29 is 4.42 Å². The Kier molecular flexibility index (Phi) is 3.25. The lowest BCUT2D eigenvalue weighted by Gasteiger charge is -2.16. The van der Waals surface area contributed by atoms with Crippen LogP contribution in [0, 0.1) is 0 Å². The van der Waals surface area contributed by atoms with Crippen LogP contribution < -0.4 is 10.9 Å². The Hall–Kier alpha value is -2.55. The summed E-state index contributed by atoms with van der Waals surface area (Å²) in [6.07, 6.45) is 0. The Morgan fingerprint density at radius 2 is 1.70 bits per heavy atom. The summed E-state index contributed by atoms with van der Waals surface area (Å²) in [6.45, 7) is 2.07. The first-order valence-corrected chi connectivity index (χ1v) is 6.58. The molecule has 0 aliphatic carbocycles. The topological polar surface area (TPSA) is 42.2 Å². The monoisotopic (exact) mass is 265 g/mol. The van der Waals surface area contributed by atoms with Crippen molar-refractivity contribution >= 4 is 16.7 Å². The van der Waals surface area contributed by atoms with Crippen molar-refractivity contribution in [2.45, 2.75) is 13.0 Å². The van der Waals surface area contributed by atoms with Crippen molar-refractivity contribution in [3.05, 3.63) is 76.6 Å². The van der Waals surface area contributed by atoms with E-state index in [1.165, 1.54) is 11.6 Å². The normalized spacial score (nSPS) is 12.2. The average Bonchev–Trinajstić information content (AvgIpc) is 2.48. The van der Waals surface area contributed by atoms with Crippen LogP contribution in [0.15, 0.2) is 69.9 Å². The molecule has 1 aromatic heterocycles. The summed E-state index contributed by atoms with van der Waals surface area (Å²) in [5, 5.41) is 4.29. The average molecular weight is 265 g/mol. The summed E-state index contributed by atoms with van der Waals surface area (Å²) < 4.78 is 5.19. The van der Waals surface area contributed by atoms with Gasteiger partial charge in [0.25, 0.3) is 0 Å². The third kappa shape index (κ3) is 2.43. The molecule has 0 bridgehead atoms. The van der Waals surface area contributed by atoms with Crippen LogP contribution in [0.4, 0.5) is 5.69 Å². The number of nitrogens with one attached hydrogen (secondary N) is 1. The van der Waals surface area contributed by atoms with Crippen molar-refractivity contribution in [3.8, 4) is 0 Å². The lowest BCUT2D eigenvalue weighted by molar-refractivity contribution is 0.561. The first kappa shape index (κ1) is 12.5. The molecule has 0 saturated heterocycles. The summed E-state index contributed by atoms with van der Waals surface area (Å²) in [5.41, 5.74) is 2.23. The van der Waals surface area contributed by atoms with E-state index in [-0.39, 0.29) is 11.7 Å². The Labute approximate surface area is 116 Å². The highest BCUT2D eigenvalue weighted by Crippen LogP contribution is 2.25. The van der Waals surface area contributed by atoms with Crippen LogP contribution in [0.2, 0.25) is 0 Å². The number of fused-ring (bicyclic) bond motifs is 1. The number of rotatable bonds is 3. The number of para-hydroxylation sites is 1. The summed E-state index contributed by atoms with van der Waals surface area (Å²) in [4.78, 5) is 11.6. The lowest BCUT2D eigenvalue weighted by Crippen LogP contribution is -2.09. The third-order valence-corrected chi connectivity index (χ3v) is 3.32. The lowest BCUT2D eigenvalue weighted by atomic mass is 10.1. The highest BCUT2D eigenvalue weighted by molar-refractivity contribution is 5.89. The zero-order valence-corrected chi connectivity index (χ0v) is 11.2.